The Morgan fingerprint density at radius 2 is 2.25 bits per heavy atom. The smallest absolute Gasteiger partial charge is 0.293 e. The van der Waals surface area contributed by atoms with Crippen molar-refractivity contribution in [2.45, 2.75) is 32.0 Å². The molecule has 1 aliphatic rings. The summed E-state index contributed by atoms with van der Waals surface area (Å²) in [4.78, 5) is 16.4. The number of hydrogen-bond acceptors (Lipinski definition) is 4. The third-order valence-electron chi connectivity index (χ3n) is 3.82. The topological polar surface area (TPSA) is 72.9 Å². The second-order valence-electron chi connectivity index (χ2n) is 5.06. The summed E-state index contributed by atoms with van der Waals surface area (Å²) in [6.45, 7) is 2.56. The van der Waals surface area contributed by atoms with E-state index in [0.717, 1.165) is 12.0 Å². The minimum Gasteiger partial charge on any atom is -0.357 e. The van der Waals surface area contributed by atoms with Crippen LogP contribution in [0.3, 0.4) is 0 Å². The number of rotatable bonds is 3. The first-order valence-electron chi connectivity index (χ1n) is 6.86. The molecule has 5 nitrogen and oxygen atoms in total. The van der Waals surface area contributed by atoms with Gasteiger partial charge in [-0.3, -0.25) is 4.79 Å². The van der Waals surface area contributed by atoms with E-state index in [4.69, 9.17) is 5.73 Å². The average molecular weight is 270 g/mol. The quantitative estimate of drug-likeness (QED) is 0.881. The fraction of sp³-hybridized carbons (Fsp3) is 0.333. The Kier molecular flexibility index (Phi) is 3.28. The molecule has 5 heteroatoms. The maximum atomic E-state index is 12.2. The maximum absolute atomic E-state index is 12.2. The fourth-order valence-corrected chi connectivity index (χ4v) is 2.75. The molecule has 1 aromatic heterocycles. The molecule has 0 saturated heterocycles. The Bertz CT molecular complexity index is 680. The summed E-state index contributed by atoms with van der Waals surface area (Å²) in [5.41, 5.74) is 8.49. The molecule has 0 bridgehead atoms. The lowest BCUT2D eigenvalue weighted by Gasteiger charge is -2.19. The van der Waals surface area contributed by atoms with Gasteiger partial charge in [-0.1, -0.05) is 24.3 Å². The van der Waals surface area contributed by atoms with Crippen LogP contribution in [0.4, 0.5) is 5.82 Å². The van der Waals surface area contributed by atoms with Crippen molar-refractivity contribution >= 4 is 5.82 Å². The van der Waals surface area contributed by atoms with Crippen LogP contribution in [-0.2, 0) is 13.0 Å². The fourth-order valence-electron chi connectivity index (χ4n) is 2.75. The van der Waals surface area contributed by atoms with Gasteiger partial charge in [0.25, 0.3) is 5.56 Å². The Balaban J connectivity index is 1.94. The van der Waals surface area contributed by atoms with E-state index in [2.05, 4.69) is 22.4 Å². The van der Waals surface area contributed by atoms with Crippen LogP contribution in [0.2, 0.25) is 0 Å². The first-order valence-corrected chi connectivity index (χ1v) is 6.86. The van der Waals surface area contributed by atoms with Crippen LogP contribution in [0, 0.1) is 0 Å². The van der Waals surface area contributed by atoms with Gasteiger partial charge in [0, 0.05) is 25.0 Å². The largest absolute Gasteiger partial charge is 0.357 e. The zero-order chi connectivity index (χ0) is 14.1. The van der Waals surface area contributed by atoms with E-state index in [1.807, 2.05) is 19.1 Å². The van der Waals surface area contributed by atoms with Crippen molar-refractivity contribution in [2.24, 2.45) is 5.73 Å². The molecule has 0 radical (unpaired) electrons. The van der Waals surface area contributed by atoms with E-state index in [-0.39, 0.29) is 17.6 Å². The van der Waals surface area contributed by atoms with Crippen molar-refractivity contribution < 1.29 is 0 Å². The molecule has 0 amide bonds. The summed E-state index contributed by atoms with van der Waals surface area (Å²) in [6.07, 6.45) is 4.15. The lowest BCUT2D eigenvalue weighted by Crippen LogP contribution is -2.33. The van der Waals surface area contributed by atoms with Crippen LogP contribution in [0.25, 0.3) is 0 Å². The van der Waals surface area contributed by atoms with Crippen molar-refractivity contribution in [1.82, 2.24) is 9.55 Å². The van der Waals surface area contributed by atoms with Crippen molar-refractivity contribution in [3.8, 4) is 0 Å². The minimum absolute atomic E-state index is 0.0381. The van der Waals surface area contributed by atoms with Crippen molar-refractivity contribution in [3.05, 3.63) is 58.1 Å². The summed E-state index contributed by atoms with van der Waals surface area (Å²) in [5.74, 6) is 0.367. The van der Waals surface area contributed by atoms with Crippen LogP contribution in [0.15, 0.2) is 41.5 Å². The number of fused-ring (bicyclic) bond motifs is 1. The first kappa shape index (κ1) is 12.9. The molecule has 2 atom stereocenters. The molecule has 2 aromatic rings. The third kappa shape index (κ3) is 2.10. The molecule has 3 rings (SSSR count). The number of anilines is 1. The molecular formula is C15H18N4O. The summed E-state index contributed by atoms with van der Waals surface area (Å²) in [6, 6.07) is 8.05. The van der Waals surface area contributed by atoms with Gasteiger partial charge in [0.05, 0.1) is 6.04 Å². The standard InChI is InChI=1S/C15H18N4O/c1-2-19-8-7-17-14(15(19)20)18-13-11-6-4-3-5-10(11)9-12(13)16/h3-8,12-13H,2,9,16H2,1H3,(H,17,18). The second-order valence-corrected chi connectivity index (χ2v) is 5.06. The van der Waals surface area contributed by atoms with Crippen LogP contribution < -0.4 is 16.6 Å². The summed E-state index contributed by atoms with van der Waals surface area (Å²) in [7, 11) is 0. The lowest BCUT2D eigenvalue weighted by atomic mass is 10.1. The van der Waals surface area contributed by atoms with Gasteiger partial charge in [0.1, 0.15) is 0 Å². The Morgan fingerprint density at radius 3 is 3.05 bits per heavy atom. The minimum atomic E-state index is -0.105. The van der Waals surface area contributed by atoms with Gasteiger partial charge < -0.3 is 15.6 Å². The number of nitrogens with two attached hydrogens (primary N) is 1. The third-order valence-corrected chi connectivity index (χ3v) is 3.82. The van der Waals surface area contributed by atoms with Crippen LogP contribution in [0.5, 0.6) is 0 Å². The highest BCUT2D eigenvalue weighted by Crippen LogP contribution is 2.31. The second kappa shape index (κ2) is 5.09. The highest BCUT2D eigenvalue weighted by Gasteiger charge is 2.30. The molecule has 0 aliphatic heterocycles. The average Bonchev–Trinajstić information content (AvgIpc) is 2.77. The highest BCUT2D eigenvalue weighted by molar-refractivity contribution is 5.44. The van der Waals surface area contributed by atoms with Gasteiger partial charge in [-0.25, -0.2) is 4.98 Å². The molecule has 2 unspecified atom stereocenters. The van der Waals surface area contributed by atoms with E-state index in [9.17, 15) is 4.79 Å². The van der Waals surface area contributed by atoms with Crippen molar-refractivity contribution in [3.63, 3.8) is 0 Å². The van der Waals surface area contributed by atoms with E-state index in [0.29, 0.717) is 12.4 Å². The number of hydrogen-bond donors (Lipinski definition) is 2. The molecule has 3 N–H and O–H groups in total. The number of aromatic nitrogens is 2. The van der Waals surface area contributed by atoms with Gasteiger partial charge in [-0.2, -0.15) is 0 Å². The molecule has 1 aliphatic carbocycles. The molecular weight excluding hydrogens is 252 g/mol. The van der Waals surface area contributed by atoms with Gasteiger partial charge in [0.15, 0.2) is 5.82 Å². The summed E-state index contributed by atoms with van der Waals surface area (Å²) < 4.78 is 1.63. The zero-order valence-electron chi connectivity index (χ0n) is 11.4. The van der Waals surface area contributed by atoms with Gasteiger partial charge in [-0.05, 0) is 24.5 Å². The maximum Gasteiger partial charge on any atom is 0.293 e. The monoisotopic (exact) mass is 270 g/mol. The highest BCUT2D eigenvalue weighted by atomic mass is 16.1. The lowest BCUT2D eigenvalue weighted by molar-refractivity contribution is 0.619. The predicted molar refractivity (Wildman–Crippen MR) is 78.7 cm³/mol. The van der Waals surface area contributed by atoms with E-state index in [1.54, 1.807) is 17.0 Å². The van der Waals surface area contributed by atoms with Crippen LogP contribution >= 0.6 is 0 Å². The molecule has 0 fully saturated rings. The molecule has 104 valence electrons. The number of aryl methyl sites for hydroxylation is 1. The Hall–Kier alpha value is -2.14. The van der Waals surface area contributed by atoms with E-state index in [1.165, 1.54) is 5.56 Å². The van der Waals surface area contributed by atoms with Gasteiger partial charge >= 0.3 is 0 Å². The SMILES string of the molecule is CCn1ccnc(NC2c3ccccc3CC2N)c1=O. The summed E-state index contributed by atoms with van der Waals surface area (Å²) >= 11 is 0. The molecule has 1 aromatic carbocycles. The molecule has 0 saturated carbocycles. The zero-order valence-corrected chi connectivity index (χ0v) is 11.4. The van der Waals surface area contributed by atoms with Crippen molar-refractivity contribution in [1.29, 1.82) is 0 Å². The molecule has 20 heavy (non-hydrogen) atoms. The number of benzene rings is 1. The summed E-state index contributed by atoms with van der Waals surface area (Å²) in [5, 5.41) is 3.22. The van der Waals surface area contributed by atoms with E-state index < -0.39 is 0 Å². The molecule has 1 heterocycles. The number of nitrogens with zero attached hydrogens (tertiary/aromatic N) is 2. The predicted octanol–water partition coefficient (Wildman–Crippen LogP) is 1.30. The van der Waals surface area contributed by atoms with Crippen LogP contribution in [-0.4, -0.2) is 15.6 Å². The van der Waals surface area contributed by atoms with E-state index >= 15 is 0 Å². The Labute approximate surface area is 117 Å². The Morgan fingerprint density at radius 1 is 1.45 bits per heavy atom. The normalized spacial score (nSPS) is 20.7. The van der Waals surface area contributed by atoms with Crippen LogP contribution in [0.1, 0.15) is 24.1 Å². The molecule has 0 spiro atoms. The number of nitrogens with one attached hydrogen (secondary N) is 1. The van der Waals surface area contributed by atoms with Gasteiger partial charge in [-0.15, -0.1) is 0 Å². The van der Waals surface area contributed by atoms with Gasteiger partial charge in [0.2, 0.25) is 0 Å². The first-order chi connectivity index (χ1) is 9.70. The van der Waals surface area contributed by atoms with Crippen molar-refractivity contribution in [2.75, 3.05) is 5.32 Å².